The Labute approximate surface area is 149 Å². The number of amides is 1. The number of carbonyl (C=O) groups is 1. The van der Waals surface area contributed by atoms with Gasteiger partial charge in [0.05, 0.1) is 18.9 Å². The second kappa shape index (κ2) is 7.30. The molecule has 2 saturated heterocycles. The maximum Gasteiger partial charge on any atom is 0.249 e. The number of carbonyl (C=O) groups excluding carboxylic acids is 1. The molecular weight excluding hydrogens is 316 g/mol. The molecule has 1 amide bonds. The molecule has 2 fully saturated rings. The molecule has 136 valence electrons. The number of hydrogen-bond acceptors (Lipinski definition) is 4. The number of allylic oxidation sites excluding steroid dienone is 1. The van der Waals surface area contributed by atoms with Gasteiger partial charge in [0.15, 0.2) is 0 Å². The molecule has 4 rings (SSSR count). The van der Waals surface area contributed by atoms with Crippen LogP contribution in [0, 0.1) is 5.92 Å². The molecule has 1 aromatic heterocycles. The standard InChI is InChI=1S/C19H28N4O2/c1-21-10-15(9-20-21)11-22-7-8-25-18-14-23(13-17(18)12-22)19(24)16-5-3-2-4-6-16/h5,9-10,17-18H,2-4,6-8,11-14H2,1H3/t17-,18+/m0/s1. The minimum atomic E-state index is 0.187. The Morgan fingerprint density at radius 1 is 1.32 bits per heavy atom. The first-order valence-corrected chi connectivity index (χ1v) is 9.49. The maximum absolute atomic E-state index is 12.8. The molecule has 0 bridgehead atoms. The summed E-state index contributed by atoms with van der Waals surface area (Å²) >= 11 is 0. The summed E-state index contributed by atoms with van der Waals surface area (Å²) < 4.78 is 7.94. The Hall–Kier alpha value is -1.66. The minimum Gasteiger partial charge on any atom is -0.375 e. The van der Waals surface area contributed by atoms with Crippen LogP contribution in [-0.4, -0.2) is 64.4 Å². The van der Waals surface area contributed by atoms with Crippen molar-refractivity contribution >= 4 is 5.91 Å². The van der Waals surface area contributed by atoms with E-state index in [-0.39, 0.29) is 12.0 Å². The van der Waals surface area contributed by atoms with E-state index in [0.717, 1.165) is 64.2 Å². The van der Waals surface area contributed by atoms with Crippen molar-refractivity contribution in [3.63, 3.8) is 0 Å². The first-order chi connectivity index (χ1) is 12.2. The first kappa shape index (κ1) is 16.8. The summed E-state index contributed by atoms with van der Waals surface area (Å²) in [5, 5.41) is 4.26. The zero-order valence-corrected chi connectivity index (χ0v) is 15.1. The maximum atomic E-state index is 12.8. The third-order valence-corrected chi connectivity index (χ3v) is 5.63. The Kier molecular flexibility index (Phi) is 4.90. The van der Waals surface area contributed by atoms with Crippen LogP contribution in [0.4, 0.5) is 0 Å². The fourth-order valence-corrected chi connectivity index (χ4v) is 4.32. The van der Waals surface area contributed by atoms with Crippen LogP contribution >= 0.6 is 0 Å². The zero-order chi connectivity index (χ0) is 17.2. The van der Waals surface area contributed by atoms with Gasteiger partial charge in [-0.3, -0.25) is 14.4 Å². The summed E-state index contributed by atoms with van der Waals surface area (Å²) in [7, 11) is 1.95. The number of fused-ring (bicyclic) bond motifs is 1. The molecule has 0 saturated carbocycles. The average molecular weight is 344 g/mol. The van der Waals surface area contributed by atoms with Gasteiger partial charge in [-0.15, -0.1) is 0 Å². The van der Waals surface area contributed by atoms with Gasteiger partial charge in [0.1, 0.15) is 0 Å². The van der Waals surface area contributed by atoms with Crippen molar-refractivity contribution in [2.24, 2.45) is 13.0 Å². The van der Waals surface area contributed by atoms with Gasteiger partial charge in [-0.1, -0.05) is 6.08 Å². The normalized spacial score (nSPS) is 27.7. The molecule has 0 spiro atoms. The van der Waals surface area contributed by atoms with Crippen molar-refractivity contribution in [2.75, 3.05) is 32.8 Å². The van der Waals surface area contributed by atoms with Gasteiger partial charge in [-0.2, -0.15) is 5.10 Å². The summed E-state index contributed by atoms with van der Waals surface area (Å²) in [6.45, 7) is 5.15. The molecule has 0 radical (unpaired) electrons. The molecule has 1 aromatic rings. The summed E-state index contributed by atoms with van der Waals surface area (Å²) in [6, 6.07) is 0. The molecule has 0 aromatic carbocycles. The molecule has 25 heavy (non-hydrogen) atoms. The Bertz CT molecular complexity index is 654. The number of ether oxygens (including phenoxy) is 1. The second-order valence-corrected chi connectivity index (χ2v) is 7.61. The van der Waals surface area contributed by atoms with E-state index >= 15 is 0 Å². The predicted octanol–water partition coefficient (Wildman–Crippen LogP) is 1.58. The van der Waals surface area contributed by atoms with Gasteiger partial charge in [0.25, 0.3) is 0 Å². The highest BCUT2D eigenvalue weighted by Crippen LogP contribution is 2.27. The summed E-state index contributed by atoms with van der Waals surface area (Å²) in [5.74, 6) is 0.655. The van der Waals surface area contributed by atoms with Crippen LogP contribution in [0.25, 0.3) is 0 Å². The van der Waals surface area contributed by atoms with E-state index in [4.69, 9.17) is 4.74 Å². The van der Waals surface area contributed by atoms with Crippen molar-refractivity contribution < 1.29 is 9.53 Å². The first-order valence-electron chi connectivity index (χ1n) is 9.49. The number of aryl methyl sites for hydroxylation is 1. The van der Waals surface area contributed by atoms with Crippen LogP contribution < -0.4 is 0 Å². The Morgan fingerprint density at radius 3 is 3.00 bits per heavy atom. The quantitative estimate of drug-likeness (QED) is 0.835. The molecule has 6 nitrogen and oxygen atoms in total. The lowest BCUT2D eigenvalue weighted by Crippen LogP contribution is -2.34. The largest absolute Gasteiger partial charge is 0.375 e. The Morgan fingerprint density at radius 2 is 2.24 bits per heavy atom. The van der Waals surface area contributed by atoms with Gasteiger partial charge in [-0.05, 0) is 25.7 Å². The third-order valence-electron chi connectivity index (χ3n) is 5.63. The number of nitrogens with zero attached hydrogens (tertiary/aromatic N) is 4. The van der Waals surface area contributed by atoms with Crippen LogP contribution in [0.15, 0.2) is 24.0 Å². The zero-order valence-electron chi connectivity index (χ0n) is 15.1. The van der Waals surface area contributed by atoms with Crippen molar-refractivity contribution in [3.05, 3.63) is 29.6 Å². The molecule has 1 aliphatic carbocycles. The van der Waals surface area contributed by atoms with E-state index in [1.54, 1.807) is 0 Å². The predicted molar refractivity (Wildman–Crippen MR) is 94.8 cm³/mol. The van der Waals surface area contributed by atoms with E-state index in [9.17, 15) is 4.79 Å². The number of rotatable bonds is 3. The van der Waals surface area contributed by atoms with Crippen LogP contribution in [0.3, 0.4) is 0 Å². The molecule has 0 unspecified atom stereocenters. The monoisotopic (exact) mass is 344 g/mol. The lowest BCUT2D eigenvalue weighted by atomic mass is 9.99. The number of aromatic nitrogens is 2. The van der Waals surface area contributed by atoms with Crippen molar-refractivity contribution in [1.82, 2.24) is 19.6 Å². The number of likely N-dealkylation sites (tertiary alicyclic amines) is 1. The van der Waals surface area contributed by atoms with Gasteiger partial charge >= 0.3 is 0 Å². The van der Waals surface area contributed by atoms with Gasteiger partial charge < -0.3 is 9.64 Å². The SMILES string of the molecule is Cn1cc(CN2CCO[C@@H]3CN(C(=O)C4=CCCCC4)C[C@@H]3C2)cn1. The fourth-order valence-electron chi connectivity index (χ4n) is 4.32. The highest BCUT2D eigenvalue weighted by Gasteiger charge is 2.39. The van der Waals surface area contributed by atoms with E-state index in [0.29, 0.717) is 5.92 Å². The van der Waals surface area contributed by atoms with Gasteiger partial charge in [0.2, 0.25) is 5.91 Å². The van der Waals surface area contributed by atoms with E-state index in [1.165, 1.54) is 12.0 Å². The highest BCUT2D eigenvalue weighted by atomic mass is 16.5. The molecule has 2 atom stereocenters. The minimum absolute atomic E-state index is 0.187. The van der Waals surface area contributed by atoms with Crippen LogP contribution in [-0.2, 0) is 23.1 Å². The topological polar surface area (TPSA) is 50.6 Å². The summed E-state index contributed by atoms with van der Waals surface area (Å²) in [6.07, 6.45) is 10.7. The molecule has 3 heterocycles. The molecule has 3 aliphatic rings. The Balaban J connectivity index is 1.38. The number of hydrogen-bond donors (Lipinski definition) is 0. The van der Waals surface area contributed by atoms with Gasteiger partial charge in [0, 0.05) is 63.0 Å². The summed E-state index contributed by atoms with van der Waals surface area (Å²) in [4.78, 5) is 17.3. The average Bonchev–Trinajstić information content (AvgIpc) is 3.16. The highest BCUT2D eigenvalue weighted by molar-refractivity contribution is 5.93. The lowest BCUT2D eigenvalue weighted by molar-refractivity contribution is -0.127. The molecule has 0 N–H and O–H groups in total. The lowest BCUT2D eigenvalue weighted by Gasteiger charge is -2.23. The van der Waals surface area contributed by atoms with E-state index in [1.807, 2.05) is 22.8 Å². The molecule has 6 heteroatoms. The van der Waals surface area contributed by atoms with Gasteiger partial charge in [-0.25, -0.2) is 0 Å². The van der Waals surface area contributed by atoms with Crippen molar-refractivity contribution in [1.29, 1.82) is 0 Å². The smallest absolute Gasteiger partial charge is 0.249 e. The van der Waals surface area contributed by atoms with Crippen LogP contribution in [0.2, 0.25) is 0 Å². The molecular formula is C19H28N4O2. The molecule has 2 aliphatic heterocycles. The van der Waals surface area contributed by atoms with E-state index < -0.39 is 0 Å². The van der Waals surface area contributed by atoms with Crippen LogP contribution in [0.1, 0.15) is 31.2 Å². The van der Waals surface area contributed by atoms with Crippen molar-refractivity contribution in [3.8, 4) is 0 Å². The second-order valence-electron chi connectivity index (χ2n) is 7.61. The van der Waals surface area contributed by atoms with E-state index in [2.05, 4.69) is 22.3 Å². The van der Waals surface area contributed by atoms with Crippen LogP contribution in [0.5, 0.6) is 0 Å². The third kappa shape index (κ3) is 3.80. The van der Waals surface area contributed by atoms with Crippen molar-refractivity contribution in [2.45, 2.75) is 38.3 Å². The summed E-state index contributed by atoms with van der Waals surface area (Å²) in [5.41, 5.74) is 2.26. The fraction of sp³-hybridized carbons (Fsp3) is 0.684.